The smallest absolute Gasteiger partial charge is 0.146 e. The zero-order valence-corrected chi connectivity index (χ0v) is 15.3. The molecule has 5 heteroatoms. The minimum atomic E-state index is 0.659. The van der Waals surface area contributed by atoms with Crippen molar-refractivity contribution in [2.45, 2.75) is 6.54 Å². The van der Waals surface area contributed by atoms with E-state index in [4.69, 9.17) is 0 Å². The van der Waals surface area contributed by atoms with E-state index in [-0.39, 0.29) is 0 Å². The van der Waals surface area contributed by atoms with E-state index in [1.54, 1.807) is 6.20 Å². The molecule has 0 radical (unpaired) electrons. The van der Waals surface area contributed by atoms with Crippen LogP contribution in [0.3, 0.4) is 0 Å². The Kier molecular flexibility index (Phi) is 4.96. The highest BCUT2D eigenvalue weighted by atomic mass is 32.1. The Hall–Kier alpha value is -2.68. The van der Waals surface area contributed by atoms with Crippen LogP contribution in [0.15, 0.2) is 60.8 Å². The van der Waals surface area contributed by atoms with E-state index in [1.165, 1.54) is 15.3 Å². The number of nitriles is 1. The van der Waals surface area contributed by atoms with E-state index in [9.17, 15) is 5.26 Å². The van der Waals surface area contributed by atoms with Crippen LogP contribution in [0.1, 0.15) is 10.4 Å². The second-order valence-electron chi connectivity index (χ2n) is 6.38. The Morgan fingerprint density at radius 2 is 1.77 bits per heavy atom. The molecule has 1 aliphatic heterocycles. The number of aromatic nitrogens is 1. The predicted octanol–water partition coefficient (Wildman–Crippen LogP) is 4.00. The Morgan fingerprint density at radius 1 is 0.962 bits per heavy atom. The molecule has 0 bridgehead atoms. The van der Waals surface area contributed by atoms with Gasteiger partial charge in [0.2, 0.25) is 0 Å². The fourth-order valence-corrected chi connectivity index (χ4v) is 4.35. The van der Waals surface area contributed by atoms with Gasteiger partial charge in [-0.15, -0.1) is 11.3 Å². The number of hydrogen-bond acceptors (Lipinski definition) is 5. The summed E-state index contributed by atoms with van der Waals surface area (Å²) in [5.41, 5.74) is 1.94. The number of hydrogen-bond donors (Lipinski definition) is 0. The standard InChI is InChI=1S/C21H20N4S/c22-15-18-7-4-10-23-21(18)25-13-11-24(12-14-25)16-19-8-9-20(26-19)17-5-2-1-3-6-17/h1-10H,11-14,16H2. The highest BCUT2D eigenvalue weighted by molar-refractivity contribution is 7.15. The lowest BCUT2D eigenvalue weighted by Crippen LogP contribution is -2.46. The van der Waals surface area contributed by atoms with Gasteiger partial charge in [0, 0.05) is 48.7 Å². The number of pyridine rings is 1. The van der Waals surface area contributed by atoms with Gasteiger partial charge in [-0.1, -0.05) is 30.3 Å². The van der Waals surface area contributed by atoms with Crippen molar-refractivity contribution in [3.63, 3.8) is 0 Å². The van der Waals surface area contributed by atoms with Crippen molar-refractivity contribution in [1.29, 1.82) is 5.26 Å². The van der Waals surface area contributed by atoms with Crippen LogP contribution in [0.25, 0.3) is 10.4 Å². The summed E-state index contributed by atoms with van der Waals surface area (Å²) in [4.78, 5) is 11.8. The summed E-state index contributed by atoms with van der Waals surface area (Å²) in [5, 5.41) is 9.27. The van der Waals surface area contributed by atoms with Crippen molar-refractivity contribution >= 4 is 17.2 Å². The zero-order chi connectivity index (χ0) is 17.8. The summed E-state index contributed by atoms with van der Waals surface area (Å²) < 4.78 is 0. The second kappa shape index (κ2) is 7.69. The molecule has 0 aliphatic carbocycles. The normalized spacial score (nSPS) is 15.0. The first-order valence-corrected chi connectivity index (χ1v) is 9.62. The average Bonchev–Trinajstić information content (AvgIpc) is 3.18. The maximum absolute atomic E-state index is 9.27. The first-order valence-electron chi connectivity index (χ1n) is 8.80. The summed E-state index contributed by atoms with van der Waals surface area (Å²) in [6, 6.07) is 20.9. The quantitative estimate of drug-likeness (QED) is 0.705. The molecule has 0 amide bonds. The van der Waals surface area contributed by atoms with Crippen molar-refractivity contribution < 1.29 is 0 Å². The molecule has 1 saturated heterocycles. The van der Waals surface area contributed by atoms with Crippen molar-refractivity contribution in [1.82, 2.24) is 9.88 Å². The van der Waals surface area contributed by atoms with Crippen LogP contribution in [0.4, 0.5) is 5.82 Å². The number of anilines is 1. The Labute approximate surface area is 158 Å². The second-order valence-corrected chi connectivity index (χ2v) is 7.55. The molecule has 0 spiro atoms. The number of piperazine rings is 1. The molecule has 0 unspecified atom stereocenters. The number of benzene rings is 1. The van der Waals surface area contributed by atoms with Gasteiger partial charge >= 0.3 is 0 Å². The molecule has 130 valence electrons. The highest BCUT2D eigenvalue weighted by Crippen LogP contribution is 2.29. The molecule has 1 fully saturated rings. The third kappa shape index (κ3) is 3.62. The first-order chi connectivity index (χ1) is 12.8. The SMILES string of the molecule is N#Cc1cccnc1N1CCN(Cc2ccc(-c3ccccc3)s2)CC1. The van der Waals surface area contributed by atoms with Crippen LogP contribution in [0.2, 0.25) is 0 Å². The molecule has 1 aliphatic rings. The molecule has 4 nitrogen and oxygen atoms in total. The van der Waals surface area contributed by atoms with E-state index in [0.29, 0.717) is 5.56 Å². The summed E-state index contributed by atoms with van der Waals surface area (Å²) in [7, 11) is 0. The number of rotatable bonds is 4. The molecule has 4 rings (SSSR count). The summed E-state index contributed by atoms with van der Waals surface area (Å²) in [6.07, 6.45) is 1.76. The Balaban J connectivity index is 1.37. The highest BCUT2D eigenvalue weighted by Gasteiger charge is 2.20. The maximum Gasteiger partial charge on any atom is 0.146 e. The van der Waals surface area contributed by atoms with Crippen LogP contribution in [0, 0.1) is 11.3 Å². The van der Waals surface area contributed by atoms with Crippen LogP contribution in [-0.2, 0) is 6.54 Å². The van der Waals surface area contributed by atoms with Crippen LogP contribution < -0.4 is 4.90 Å². The van der Waals surface area contributed by atoms with E-state index in [0.717, 1.165) is 38.5 Å². The van der Waals surface area contributed by atoms with Gasteiger partial charge in [0.05, 0.1) is 5.56 Å². The predicted molar refractivity (Wildman–Crippen MR) is 106 cm³/mol. The lowest BCUT2D eigenvalue weighted by Gasteiger charge is -2.35. The largest absolute Gasteiger partial charge is 0.353 e. The van der Waals surface area contributed by atoms with Crippen molar-refractivity contribution in [2.24, 2.45) is 0 Å². The summed E-state index contributed by atoms with van der Waals surface area (Å²) in [6.45, 7) is 4.77. The summed E-state index contributed by atoms with van der Waals surface area (Å²) >= 11 is 1.87. The molecular formula is C21H20N4S. The zero-order valence-electron chi connectivity index (χ0n) is 14.5. The topological polar surface area (TPSA) is 43.2 Å². The van der Waals surface area contributed by atoms with Gasteiger partial charge in [-0.2, -0.15) is 5.26 Å². The number of nitrogens with zero attached hydrogens (tertiary/aromatic N) is 4. The van der Waals surface area contributed by atoms with Gasteiger partial charge in [0.1, 0.15) is 11.9 Å². The molecule has 2 aromatic heterocycles. The molecule has 0 atom stereocenters. The fourth-order valence-electron chi connectivity index (χ4n) is 3.29. The molecule has 3 aromatic rings. The van der Waals surface area contributed by atoms with Gasteiger partial charge < -0.3 is 4.90 Å². The lowest BCUT2D eigenvalue weighted by molar-refractivity contribution is 0.251. The van der Waals surface area contributed by atoms with Crippen LogP contribution in [-0.4, -0.2) is 36.1 Å². The summed E-state index contributed by atoms with van der Waals surface area (Å²) in [5.74, 6) is 0.817. The van der Waals surface area contributed by atoms with Gasteiger partial charge in [-0.05, 0) is 29.8 Å². The van der Waals surface area contributed by atoms with E-state index < -0.39 is 0 Å². The Bertz CT molecular complexity index is 905. The molecule has 26 heavy (non-hydrogen) atoms. The molecule has 0 saturated carbocycles. The first kappa shape index (κ1) is 16.8. The number of thiophene rings is 1. The van der Waals surface area contributed by atoms with Crippen LogP contribution in [0.5, 0.6) is 0 Å². The van der Waals surface area contributed by atoms with Crippen molar-refractivity contribution in [2.75, 3.05) is 31.1 Å². The molecular weight excluding hydrogens is 340 g/mol. The van der Waals surface area contributed by atoms with E-state index >= 15 is 0 Å². The lowest BCUT2D eigenvalue weighted by atomic mass is 10.2. The van der Waals surface area contributed by atoms with Gasteiger partial charge in [0.15, 0.2) is 0 Å². The minimum absolute atomic E-state index is 0.659. The van der Waals surface area contributed by atoms with Gasteiger partial charge in [0.25, 0.3) is 0 Å². The van der Waals surface area contributed by atoms with Crippen LogP contribution >= 0.6 is 11.3 Å². The molecule has 3 heterocycles. The van der Waals surface area contributed by atoms with Gasteiger partial charge in [-0.3, -0.25) is 4.90 Å². The third-order valence-corrected chi connectivity index (χ3v) is 5.80. The van der Waals surface area contributed by atoms with Crippen molar-refractivity contribution in [3.8, 4) is 16.5 Å². The van der Waals surface area contributed by atoms with E-state index in [1.807, 2.05) is 23.5 Å². The Morgan fingerprint density at radius 3 is 2.54 bits per heavy atom. The van der Waals surface area contributed by atoms with E-state index in [2.05, 4.69) is 63.3 Å². The van der Waals surface area contributed by atoms with Crippen molar-refractivity contribution in [3.05, 3.63) is 71.2 Å². The minimum Gasteiger partial charge on any atom is -0.353 e. The maximum atomic E-state index is 9.27. The van der Waals surface area contributed by atoms with Gasteiger partial charge in [-0.25, -0.2) is 4.98 Å². The monoisotopic (exact) mass is 360 g/mol. The molecule has 0 N–H and O–H groups in total. The molecule has 1 aromatic carbocycles. The third-order valence-electron chi connectivity index (χ3n) is 4.68. The fraction of sp³-hybridized carbons (Fsp3) is 0.238. The average molecular weight is 360 g/mol.